The Morgan fingerprint density at radius 1 is 0.524 bits per heavy atom. The van der Waals surface area contributed by atoms with Crippen LogP contribution in [0.4, 0.5) is 0 Å². The Hall–Kier alpha value is 0.452. The fourth-order valence-corrected chi connectivity index (χ4v) is 1.96. The van der Waals surface area contributed by atoms with Gasteiger partial charge < -0.3 is 11.5 Å². The molecule has 0 aliphatic rings. The normalized spacial score (nSPS) is 9.48. The Balaban J connectivity index is -0.000000240. The first-order valence-corrected chi connectivity index (χ1v) is 10.1. The van der Waals surface area contributed by atoms with Crippen molar-refractivity contribution < 1.29 is 0 Å². The summed E-state index contributed by atoms with van der Waals surface area (Å²) in [6, 6.07) is 0. The van der Waals surface area contributed by atoms with Crippen LogP contribution >= 0.6 is 0 Å². The van der Waals surface area contributed by atoms with E-state index >= 15 is 0 Å². The molecule has 0 atom stereocenters. The molecule has 0 aromatic carbocycles. The van der Waals surface area contributed by atoms with Crippen LogP contribution in [-0.4, -0.2) is 29.4 Å². The molecule has 0 bridgehead atoms. The van der Waals surface area contributed by atoms with Crippen LogP contribution in [-0.2, 0) is 0 Å². The van der Waals surface area contributed by atoms with E-state index in [9.17, 15) is 0 Å². The first-order valence-electron chi connectivity index (χ1n) is 9.24. The van der Waals surface area contributed by atoms with Gasteiger partial charge in [-0.2, -0.15) is 13.1 Å². The van der Waals surface area contributed by atoms with E-state index in [1.54, 1.807) is 0 Å². The third-order valence-corrected chi connectivity index (χ3v) is 3.53. The van der Waals surface area contributed by atoms with Crippen LogP contribution in [0.2, 0.25) is 5.28 Å². The Labute approximate surface area is 144 Å². The smallest absolute Gasteiger partial charge is 0.0552 e. The molecule has 0 aromatic rings. The number of unbranched alkanes of at least 4 members (excludes halogenated alkanes) is 9. The Morgan fingerprint density at radius 2 is 0.857 bits per heavy atom. The second kappa shape index (κ2) is 32.4. The number of nitrogens with one attached hydrogen (secondary N) is 2. The number of rotatable bonds is 12. The van der Waals surface area contributed by atoms with Gasteiger partial charge in [0.15, 0.2) is 0 Å². The van der Waals surface area contributed by atoms with E-state index in [1.165, 1.54) is 69.5 Å². The van der Waals surface area contributed by atoms with Crippen molar-refractivity contribution in [2.24, 2.45) is 0 Å². The molecule has 0 saturated carbocycles. The zero-order valence-corrected chi connectivity index (χ0v) is 16.3. The van der Waals surface area contributed by atoms with Crippen molar-refractivity contribution in [2.75, 3.05) is 13.1 Å². The first-order chi connectivity index (χ1) is 10.2. The molecule has 0 amide bonds. The third-order valence-electron chi connectivity index (χ3n) is 3.12. The van der Waals surface area contributed by atoms with E-state index in [1.807, 2.05) is 0 Å². The van der Waals surface area contributed by atoms with Crippen LogP contribution in [0.5, 0.6) is 0 Å². The quantitative estimate of drug-likeness (QED) is 0.266. The monoisotopic (exact) mass is 312 g/mol. The molecule has 0 spiro atoms. The molecule has 0 aliphatic carbocycles. The van der Waals surface area contributed by atoms with E-state index in [2.05, 4.69) is 37.1 Å². The van der Waals surface area contributed by atoms with Crippen molar-refractivity contribution in [1.82, 2.24) is 0 Å². The molecule has 2 N–H and O–H groups in total. The van der Waals surface area contributed by atoms with Gasteiger partial charge in [0.1, 0.15) is 0 Å². The molecule has 3 heteroatoms. The van der Waals surface area contributed by atoms with Crippen molar-refractivity contribution in [3.05, 3.63) is 11.5 Å². The average molecular weight is 313 g/mol. The maximum atomic E-state index is 6.71. The summed E-state index contributed by atoms with van der Waals surface area (Å²) < 4.78 is 0. The predicted molar refractivity (Wildman–Crippen MR) is 101 cm³/mol. The summed E-state index contributed by atoms with van der Waals surface area (Å²) in [7, 11) is 0. The fourth-order valence-electron chi connectivity index (χ4n) is 1.67. The molecule has 0 heterocycles. The van der Waals surface area contributed by atoms with E-state index in [-0.39, 0.29) is 0 Å². The van der Waals surface area contributed by atoms with Crippen molar-refractivity contribution >= 4 is 16.3 Å². The van der Waals surface area contributed by atoms with Gasteiger partial charge in [0.2, 0.25) is 0 Å². The zero-order valence-electron chi connectivity index (χ0n) is 15.2. The Morgan fingerprint density at radius 3 is 1.14 bits per heavy atom. The number of hydrogen-bond donors (Lipinski definition) is 0. The maximum absolute atomic E-state index is 6.71. The molecular weight excluding hydrogens is 271 g/mol. The van der Waals surface area contributed by atoms with Crippen LogP contribution in [0.1, 0.15) is 97.8 Å². The van der Waals surface area contributed by atoms with E-state index in [4.69, 9.17) is 11.5 Å². The topological polar surface area (TPSA) is 47.6 Å². The van der Waals surface area contributed by atoms with Crippen LogP contribution in [0.15, 0.2) is 0 Å². The predicted octanol–water partition coefficient (Wildman–Crippen LogP) is 7.39. The van der Waals surface area contributed by atoms with Crippen molar-refractivity contribution in [1.29, 1.82) is 0 Å². The van der Waals surface area contributed by atoms with Crippen molar-refractivity contribution in [2.45, 2.75) is 103 Å². The van der Waals surface area contributed by atoms with Gasteiger partial charge in [-0.15, -0.1) is 0 Å². The van der Waals surface area contributed by atoms with Gasteiger partial charge in [-0.05, 0) is 0 Å². The zero-order chi connectivity index (χ0) is 16.6. The summed E-state index contributed by atoms with van der Waals surface area (Å²) in [5, 5.41) is 1.28. The summed E-state index contributed by atoms with van der Waals surface area (Å²) >= 11 is 2.78. The second-order valence-corrected chi connectivity index (χ2v) is 6.05. The minimum absolute atomic E-state index is 0.605. The van der Waals surface area contributed by atoms with Gasteiger partial charge in [-0.25, -0.2) is 0 Å². The summed E-state index contributed by atoms with van der Waals surface area (Å²) in [6.45, 7) is 7.77. The summed E-state index contributed by atoms with van der Waals surface area (Å²) in [5.41, 5.74) is 13.4. The SMILES string of the molecule is CCCCCCC[CH2][Al+2].CCCCC[NH-].CCCCC[NH-]. The van der Waals surface area contributed by atoms with Crippen molar-refractivity contribution in [3.8, 4) is 0 Å². The molecular formula is C18H41AlN2. The summed E-state index contributed by atoms with van der Waals surface area (Å²) in [4.78, 5) is 0. The molecule has 21 heavy (non-hydrogen) atoms. The number of hydrogen-bond acceptors (Lipinski definition) is 0. The third kappa shape index (κ3) is 44.9. The van der Waals surface area contributed by atoms with Gasteiger partial charge in [0.25, 0.3) is 0 Å². The van der Waals surface area contributed by atoms with Crippen LogP contribution < -0.4 is 0 Å². The molecule has 0 fully saturated rings. The minimum Gasteiger partial charge on any atom is -0.677 e. The molecule has 0 saturated heterocycles. The molecule has 126 valence electrons. The fraction of sp³-hybridized carbons (Fsp3) is 1.00. The van der Waals surface area contributed by atoms with Gasteiger partial charge >= 0.3 is 67.0 Å². The molecule has 0 aliphatic heterocycles. The Kier molecular flexibility index (Phi) is 40.7. The standard InChI is InChI=1S/C8H17.2C5H12N.Al/c1-3-5-7-8-6-4-2;2*1-2-3-4-5-6;/h1,3-8H2,2H3;2*6H,2-5H2,1H3;/q;2*-1;+2. The first kappa shape index (κ1) is 26.4. The van der Waals surface area contributed by atoms with Crippen LogP contribution in [0.3, 0.4) is 0 Å². The molecule has 2 nitrogen and oxygen atoms in total. The average Bonchev–Trinajstić information content (AvgIpc) is 2.52. The molecule has 0 unspecified atom stereocenters. The summed E-state index contributed by atoms with van der Waals surface area (Å²) in [5.74, 6) is 0. The van der Waals surface area contributed by atoms with E-state index < -0.39 is 0 Å². The van der Waals surface area contributed by atoms with Gasteiger partial charge in [0, 0.05) is 0 Å². The molecule has 0 rings (SSSR count). The van der Waals surface area contributed by atoms with Gasteiger partial charge in [-0.3, -0.25) is 0 Å². The summed E-state index contributed by atoms with van der Waals surface area (Å²) in [6.07, 6.45) is 15.6. The van der Waals surface area contributed by atoms with Crippen LogP contribution in [0, 0.1) is 0 Å². The van der Waals surface area contributed by atoms with E-state index in [0.717, 1.165) is 12.8 Å². The molecule has 0 aromatic heterocycles. The minimum atomic E-state index is 0.605. The molecule has 0 radical (unpaired) electrons. The van der Waals surface area contributed by atoms with E-state index in [0.29, 0.717) is 13.1 Å². The Bertz CT molecular complexity index is 110. The second-order valence-electron chi connectivity index (χ2n) is 5.47. The van der Waals surface area contributed by atoms with Crippen molar-refractivity contribution in [3.63, 3.8) is 0 Å². The maximum Gasteiger partial charge on any atom is -0.0552 e. The largest absolute Gasteiger partial charge is 0.677 e. The van der Waals surface area contributed by atoms with Gasteiger partial charge in [0.05, 0.1) is 0 Å². The van der Waals surface area contributed by atoms with Gasteiger partial charge in [-0.1, -0.05) is 52.4 Å². The van der Waals surface area contributed by atoms with Crippen LogP contribution in [0.25, 0.3) is 11.5 Å².